The van der Waals surface area contributed by atoms with Crippen LogP contribution in [0.15, 0.2) is 36.5 Å². The zero-order chi connectivity index (χ0) is 19.3. The molecule has 0 aliphatic heterocycles. The zero-order valence-corrected chi connectivity index (χ0v) is 15.7. The van der Waals surface area contributed by atoms with Crippen LogP contribution in [0.1, 0.15) is 10.4 Å². The lowest BCUT2D eigenvalue weighted by atomic mass is 10.1. The highest BCUT2D eigenvalue weighted by Crippen LogP contribution is 2.32. The normalized spacial score (nSPS) is 11.4. The van der Waals surface area contributed by atoms with E-state index in [-0.39, 0.29) is 18.2 Å². The largest absolute Gasteiger partial charge is 0.492 e. The number of carbonyl (C=O) groups is 1. The third-order valence-corrected chi connectivity index (χ3v) is 5.57. The molecule has 1 amide bonds. The van der Waals surface area contributed by atoms with Crippen LogP contribution in [-0.4, -0.2) is 57.1 Å². The number of hydrogen-bond donors (Lipinski definition) is 2. The standard InChI is InChI=1S/C17H22N4O4S/c1-21(2)26(23,24)10-9-20-17(22)13-6-4-5-12(11-13)15-16(25-3)14(18)7-8-19-15/h4-8,11H,9-10H2,1-3H3,(H2,18,19)(H,20,22). The molecule has 9 heteroatoms. The van der Waals surface area contributed by atoms with Crippen molar-refractivity contribution in [2.45, 2.75) is 0 Å². The van der Waals surface area contributed by atoms with Gasteiger partial charge in [-0.3, -0.25) is 9.78 Å². The van der Waals surface area contributed by atoms with Crippen molar-refractivity contribution in [1.82, 2.24) is 14.6 Å². The predicted octanol–water partition coefficient (Wildman–Crippen LogP) is 0.961. The van der Waals surface area contributed by atoms with Gasteiger partial charge in [0.05, 0.1) is 18.6 Å². The zero-order valence-electron chi connectivity index (χ0n) is 14.9. The molecule has 1 aromatic carbocycles. The number of hydrogen-bond acceptors (Lipinski definition) is 6. The lowest BCUT2D eigenvalue weighted by Crippen LogP contribution is -2.33. The average molecular weight is 378 g/mol. The molecular weight excluding hydrogens is 356 g/mol. The van der Waals surface area contributed by atoms with Crippen molar-refractivity contribution in [3.63, 3.8) is 0 Å². The molecule has 2 rings (SSSR count). The van der Waals surface area contributed by atoms with E-state index in [2.05, 4.69) is 10.3 Å². The number of aromatic nitrogens is 1. The SMILES string of the molecule is COc1c(N)ccnc1-c1cccc(C(=O)NCCS(=O)(=O)N(C)C)c1. The van der Waals surface area contributed by atoms with Crippen LogP contribution < -0.4 is 15.8 Å². The van der Waals surface area contributed by atoms with Crippen LogP contribution in [0.5, 0.6) is 5.75 Å². The molecule has 0 aliphatic rings. The Hall–Kier alpha value is -2.65. The summed E-state index contributed by atoms with van der Waals surface area (Å²) in [6.07, 6.45) is 1.56. The van der Waals surface area contributed by atoms with Crippen LogP contribution in [0.3, 0.4) is 0 Å². The molecule has 0 saturated carbocycles. The molecular formula is C17H22N4O4S. The molecule has 2 aromatic rings. The van der Waals surface area contributed by atoms with Gasteiger partial charge in [-0.25, -0.2) is 12.7 Å². The summed E-state index contributed by atoms with van der Waals surface area (Å²) in [7, 11) is 1.04. The van der Waals surface area contributed by atoms with Gasteiger partial charge in [-0.15, -0.1) is 0 Å². The van der Waals surface area contributed by atoms with Gasteiger partial charge in [0.25, 0.3) is 5.91 Å². The summed E-state index contributed by atoms with van der Waals surface area (Å²) >= 11 is 0. The molecule has 0 radical (unpaired) electrons. The number of amides is 1. The van der Waals surface area contributed by atoms with Crippen LogP contribution >= 0.6 is 0 Å². The van der Waals surface area contributed by atoms with Crippen LogP contribution in [0.4, 0.5) is 5.69 Å². The summed E-state index contributed by atoms with van der Waals surface area (Å²) in [6, 6.07) is 8.42. The van der Waals surface area contributed by atoms with Crippen molar-refractivity contribution in [1.29, 1.82) is 0 Å². The van der Waals surface area contributed by atoms with Gasteiger partial charge >= 0.3 is 0 Å². The maximum atomic E-state index is 12.3. The average Bonchev–Trinajstić information content (AvgIpc) is 2.61. The summed E-state index contributed by atoms with van der Waals surface area (Å²) < 4.78 is 29.9. The molecule has 0 unspecified atom stereocenters. The molecule has 26 heavy (non-hydrogen) atoms. The molecule has 1 heterocycles. The summed E-state index contributed by atoms with van der Waals surface area (Å²) in [5, 5.41) is 2.61. The second-order valence-electron chi connectivity index (χ2n) is 5.72. The van der Waals surface area contributed by atoms with Crippen molar-refractivity contribution in [2.75, 3.05) is 39.2 Å². The molecule has 0 fully saturated rings. The van der Waals surface area contributed by atoms with Crippen molar-refractivity contribution < 1.29 is 17.9 Å². The Morgan fingerprint density at radius 1 is 1.31 bits per heavy atom. The van der Waals surface area contributed by atoms with Gasteiger partial charge < -0.3 is 15.8 Å². The Bertz CT molecular complexity index is 897. The third-order valence-electron chi connectivity index (χ3n) is 3.74. The first-order valence-electron chi connectivity index (χ1n) is 7.83. The van der Waals surface area contributed by atoms with Gasteiger partial charge in [0.2, 0.25) is 10.0 Å². The Balaban J connectivity index is 2.17. The predicted molar refractivity (Wildman–Crippen MR) is 100 cm³/mol. The van der Waals surface area contributed by atoms with E-state index in [1.54, 1.807) is 36.5 Å². The second kappa shape index (κ2) is 8.15. The number of nitrogen functional groups attached to an aromatic ring is 1. The lowest BCUT2D eigenvalue weighted by molar-refractivity contribution is 0.0956. The van der Waals surface area contributed by atoms with Crippen molar-refractivity contribution in [2.24, 2.45) is 0 Å². The fourth-order valence-electron chi connectivity index (χ4n) is 2.27. The number of rotatable bonds is 7. The fraction of sp³-hybridized carbons (Fsp3) is 0.294. The van der Waals surface area contributed by atoms with Crippen LogP contribution in [0, 0.1) is 0 Å². The summed E-state index contributed by atoms with van der Waals surface area (Å²) in [5.41, 5.74) is 7.92. The van der Waals surface area contributed by atoms with Gasteiger partial charge in [0.1, 0.15) is 5.69 Å². The highest BCUT2D eigenvalue weighted by atomic mass is 32.2. The summed E-state index contributed by atoms with van der Waals surface area (Å²) in [5.74, 6) is -0.110. The van der Waals surface area contributed by atoms with Gasteiger partial charge in [0, 0.05) is 38.0 Å². The van der Waals surface area contributed by atoms with E-state index in [1.165, 1.54) is 21.2 Å². The molecule has 0 spiro atoms. The van der Waals surface area contributed by atoms with E-state index in [9.17, 15) is 13.2 Å². The first-order chi connectivity index (χ1) is 12.3. The molecule has 8 nitrogen and oxygen atoms in total. The number of methoxy groups -OCH3 is 1. The minimum absolute atomic E-state index is 0.0173. The number of sulfonamides is 1. The molecule has 0 atom stereocenters. The molecule has 0 aliphatic carbocycles. The van der Waals surface area contributed by atoms with Gasteiger partial charge in [0.15, 0.2) is 5.75 Å². The molecule has 0 bridgehead atoms. The van der Waals surface area contributed by atoms with Crippen LogP contribution in [-0.2, 0) is 10.0 Å². The maximum Gasteiger partial charge on any atom is 0.251 e. The Morgan fingerprint density at radius 2 is 2.04 bits per heavy atom. The number of pyridine rings is 1. The lowest BCUT2D eigenvalue weighted by Gasteiger charge is -2.12. The monoisotopic (exact) mass is 378 g/mol. The number of benzene rings is 1. The van der Waals surface area contributed by atoms with Gasteiger partial charge in [-0.1, -0.05) is 12.1 Å². The van der Waals surface area contributed by atoms with Crippen LogP contribution in [0.25, 0.3) is 11.3 Å². The third kappa shape index (κ3) is 4.50. The highest BCUT2D eigenvalue weighted by molar-refractivity contribution is 7.89. The van der Waals surface area contributed by atoms with Crippen molar-refractivity contribution in [3.8, 4) is 17.0 Å². The van der Waals surface area contributed by atoms with E-state index in [0.717, 1.165) is 4.31 Å². The van der Waals surface area contributed by atoms with Crippen LogP contribution in [0.2, 0.25) is 0 Å². The Kier molecular flexibility index (Phi) is 6.17. The number of ether oxygens (including phenoxy) is 1. The van der Waals surface area contributed by atoms with Crippen molar-refractivity contribution in [3.05, 3.63) is 42.1 Å². The topological polar surface area (TPSA) is 115 Å². The Morgan fingerprint density at radius 3 is 2.69 bits per heavy atom. The summed E-state index contributed by atoms with van der Waals surface area (Å²) in [4.78, 5) is 16.6. The minimum atomic E-state index is -3.36. The minimum Gasteiger partial charge on any atom is -0.492 e. The summed E-state index contributed by atoms with van der Waals surface area (Å²) in [6.45, 7) is 0.0173. The number of nitrogens with two attached hydrogens (primary N) is 1. The smallest absolute Gasteiger partial charge is 0.251 e. The molecule has 3 N–H and O–H groups in total. The van der Waals surface area contributed by atoms with E-state index >= 15 is 0 Å². The van der Waals surface area contributed by atoms with E-state index < -0.39 is 10.0 Å². The first-order valence-corrected chi connectivity index (χ1v) is 9.44. The van der Waals surface area contributed by atoms with E-state index in [1.807, 2.05) is 0 Å². The van der Waals surface area contributed by atoms with Gasteiger partial charge in [-0.05, 0) is 18.2 Å². The van der Waals surface area contributed by atoms with E-state index in [0.29, 0.717) is 28.3 Å². The maximum absolute atomic E-state index is 12.3. The molecule has 1 aromatic heterocycles. The molecule has 0 saturated heterocycles. The highest BCUT2D eigenvalue weighted by Gasteiger charge is 2.15. The molecule has 140 valence electrons. The number of anilines is 1. The number of carbonyl (C=O) groups excluding carboxylic acids is 1. The van der Waals surface area contributed by atoms with Gasteiger partial charge in [-0.2, -0.15) is 0 Å². The number of nitrogens with one attached hydrogen (secondary N) is 1. The number of nitrogens with zero attached hydrogens (tertiary/aromatic N) is 2. The first kappa shape index (κ1) is 19.7. The Labute approximate surface area is 153 Å². The van der Waals surface area contributed by atoms with Crippen molar-refractivity contribution >= 4 is 21.6 Å². The van der Waals surface area contributed by atoms with E-state index in [4.69, 9.17) is 10.5 Å². The second-order valence-corrected chi connectivity index (χ2v) is 8.02. The quantitative estimate of drug-likeness (QED) is 0.742. The fourth-order valence-corrected chi connectivity index (χ4v) is 2.99.